The second kappa shape index (κ2) is 5.01. The van der Waals surface area contributed by atoms with Crippen LogP contribution in [0.2, 0.25) is 5.15 Å². The predicted molar refractivity (Wildman–Crippen MR) is 64.4 cm³/mol. The molecular weight excluding hydrogens is 240 g/mol. The highest BCUT2D eigenvalue weighted by Crippen LogP contribution is 2.17. The van der Waals surface area contributed by atoms with E-state index in [1.807, 2.05) is 6.07 Å². The summed E-state index contributed by atoms with van der Waals surface area (Å²) in [6, 6.07) is 7.05. The summed E-state index contributed by atoms with van der Waals surface area (Å²) in [5.41, 5.74) is 0.521. The van der Waals surface area contributed by atoms with Gasteiger partial charge in [-0.05, 0) is 12.1 Å². The molecule has 0 aliphatic rings. The number of carbonyl (C=O) groups excluding carboxylic acids is 1. The molecule has 0 amide bonds. The first kappa shape index (κ1) is 11.7. The van der Waals surface area contributed by atoms with Crippen molar-refractivity contribution in [2.45, 2.75) is 6.61 Å². The molecule has 5 heteroatoms. The molecule has 0 aliphatic heterocycles. The minimum atomic E-state index is 0.272. The van der Waals surface area contributed by atoms with E-state index in [0.717, 1.165) is 6.29 Å². The molecule has 17 heavy (non-hydrogen) atoms. The highest BCUT2D eigenvalue weighted by atomic mass is 35.5. The lowest BCUT2D eigenvalue weighted by atomic mass is 10.2. The standard InChI is InChI=1S/C12H11ClN2O2/c1-15-11(13)6-14-12(15)8-17-10-5-3-2-4-9(10)7-16/h2-7H,8H2,1H3. The lowest BCUT2D eigenvalue weighted by molar-refractivity contribution is 0.111. The Labute approximate surface area is 104 Å². The Morgan fingerprint density at radius 3 is 2.88 bits per heavy atom. The molecule has 0 saturated heterocycles. The monoisotopic (exact) mass is 250 g/mol. The Kier molecular flexibility index (Phi) is 3.44. The lowest BCUT2D eigenvalue weighted by Gasteiger charge is -2.08. The van der Waals surface area contributed by atoms with Crippen molar-refractivity contribution in [3.8, 4) is 5.75 Å². The summed E-state index contributed by atoms with van der Waals surface area (Å²) in [4.78, 5) is 14.9. The molecule has 0 atom stereocenters. The van der Waals surface area contributed by atoms with E-state index in [-0.39, 0.29) is 6.61 Å². The van der Waals surface area contributed by atoms with Gasteiger partial charge in [0.2, 0.25) is 0 Å². The van der Waals surface area contributed by atoms with Gasteiger partial charge in [-0.1, -0.05) is 23.7 Å². The van der Waals surface area contributed by atoms with E-state index in [9.17, 15) is 4.79 Å². The van der Waals surface area contributed by atoms with Crippen molar-refractivity contribution in [2.24, 2.45) is 7.05 Å². The number of aldehydes is 1. The number of carbonyl (C=O) groups is 1. The molecule has 0 N–H and O–H groups in total. The fraction of sp³-hybridized carbons (Fsp3) is 0.167. The maximum atomic E-state index is 10.8. The van der Waals surface area contributed by atoms with Crippen LogP contribution in [-0.2, 0) is 13.7 Å². The summed E-state index contributed by atoms with van der Waals surface area (Å²) in [7, 11) is 1.81. The Bertz CT molecular complexity index is 537. The van der Waals surface area contributed by atoms with Crippen molar-refractivity contribution in [2.75, 3.05) is 0 Å². The molecule has 0 bridgehead atoms. The van der Waals surface area contributed by atoms with E-state index < -0.39 is 0 Å². The van der Waals surface area contributed by atoms with E-state index in [1.54, 1.807) is 36.0 Å². The third kappa shape index (κ3) is 2.47. The van der Waals surface area contributed by atoms with Crippen molar-refractivity contribution in [1.29, 1.82) is 0 Å². The molecule has 4 nitrogen and oxygen atoms in total. The van der Waals surface area contributed by atoms with Crippen LogP contribution in [0.15, 0.2) is 30.5 Å². The molecule has 1 heterocycles. The van der Waals surface area contributed by atoms with E-state index in [4.69, 9.17) is 16.3 Å². The lowest BCUT2D eigenvalue weighted by Crippen LogP contribution is -2.04. The van der Waals surface area contributed by atoms with Gasteiger partial charge in [-0.15, -0.1) is 0 Å². The maximum absolute atomic E-state index is 10.8. The minimum absolute atomic E-state index is 0.272. The fourth-order valence-electron chi connectivity index (χ4n) is 1.41. The third-order valence-corrected chi connectivity index (χ3v) is 2.78. The Hall–Kier alpha value is -1.81. The molecule has 2 aromatic rings. The van der Waals surface area contributed by atoms with Crippen molar-refractivity contribution < 1.29 is 9.53 Å². The molecule has 0 saturated carbocycles. The molecule has 0 spiro atoms. The van der Waals surface area contributed by atoms with Gasteiger partial charge in [0.25, 0.3) is 0 Å². The van der Waals surface area contributed by atoms with E-state index in [2.05, 4.69) is 4.98 Å². The topological polar surface area (TPSA) is 44.1 Å². The summed E-state index contributed by atoms with van der Waals surface area (Å²) in [5.74, 6) is 1.25. The molecule has 88 valence electrons. The van der Waals surface area contributed by atoms with Crippen LogP contribution in [0.25, 0.3) is 0 Å². The first-order valence-electron chi connectivity index (χ1n) is 5.05. The van der Waals surface area contributed by atoms with Crippen molar-refractivity contribution in [3.05, 3.63) is 47.0 Å². The van der Waals surface area contributed by atoms with Gasteiger partial charge in [0.1, 0.15) is 23.3 Å². The van der Waals surface area contributed by atoms with Crippen molar-refractivity contribution in [1.82, 2.24) is 9.55 Å². The number of imidazole rings is 1. The average Bonchev–Trinajstić information content (AvgIpc) is 2.68. The maximum Gasteiger partial charge on any atom is 0.153 e. The summed E-state index contributed by atoms with van der Waals surface area (Å²) < 4.78 is 7.26. The number of halogens is 1. The largest absolute Gasteiger partial charge is 0.485 e. The first-order valence-corrected chi connectivity index (χ1v) is 5.43. The summed E-state index contributed by atoms with van der Waals surface area (Å²) >= 11 is 5.86. The van der Waals surface area contributed by atoms with Crippen LogP contribution in [0.3, 0.4) is 0 Å². The van der Waals surface area contributed by atoms with Gasteiger partial charge in [-0.2, -0.15) is 0 Å². The zero-order valence-corrected chi connectivity index (χ0v) is 10.0. The Balaban J connectivity index is 2.12. The van der Waals surface area contributed by atoms with Gasteiger partial charge < -0.3 is 9.30 Å². The van der Waals surface area contributed by atoms with Crippen molar-refractivity contribution in [3.63, 3.8) is 0 Å². The van der Waals surface area contributed by atoms with E-state index in [0.29, 0.717) is 22.3 Å². The molecule has 0 fully saturated rings. The molecule has 1 aromatic heterocycles. The first-order chi connectivity index (χ1) is 8.22. The number of hydrogen-bond acceptors (Lipinski definition) is 3. The number of benzene rings is 1. The van der Waals surface area contributed by atoms with Crippen LogP contribution in [0.4, 0.5) is 0 Å². The number of aromatic nitrogens is 2. The quantitative estimate of drug-likeness (QED) is 0.783. The highest BCUT2D eigenvalue weighted by molar-refractivity contribution is 6.29. The molecular formula is C12H11ClN2O2. The predicted octanol–water partition coefficient (Wildman–Crippen LogP) is 2.47. The van der Waals surface area contributed by atoms with Gasteiger partial charge in [0, 0.05) is 7.05 Å². The van der Waals surface area contributed by atoms with Gasteiger partial charge >= 0.3 is 0 Å². The number of hydrogen-bond donors (Lipinski definition) is 0. The fourth-order valence-corrected chi connectivity index (χ4v) is 1.56. The van der Waals surface area contributed by atoms with Crippen molar-refractivity contribution >= 4 is 17.9 Å². The summed E-state index contributed by atoms with van der Waals surface area (Å²) in [6.45, 7) is 0.272. The van der Waals surface area contributed by atoms with Crippen LogP contribution in [0, 0.1) is 0 Å². The smallest absolute Gasteiger partial charge is 0.153 e. The second-order valence-corrected chi connectivity index (χ2v) is 3.89. The van der Waals surface area contributed by atoms with E-state index in [1.165, 1.54) is 0 Å². The zero-order chi connectivity index (χ0) is 12.3. The molecule has 2 rings (SSSR count). The minimum Gasteiger partial charge on any atom is -0.485 e. The number of nitrogens with zero attached hydrogens (tertiary/aromatic N) is 2. The Morgan fingerprint density at radius 2 is 2.24 bits per heavy atom. The van der Waals surface area contributed by atoms with Gasteiger partial charge in [-0.3, -0.25) is 4.79 Å². The van der Waals surface area contributed by atoms with Crippen LogP contribution in [0.5, 0.6) is 5.75 Å². The molecule has 1 aromatic carbocycles. The van der Waals surface area contributed by atoms with Crippen LogP contribution in [-0.4, -0.2) is 15.8 Å². The van der Waals surface area contributed by atoms with E-state index >= 15 is 0 Å². The summed E-state index contributed by atoms with van der Waals surface area (Å²) in [6.07, 6.45) is 2.33. The van der Waals surface area contributed by atoms with Gasteiger partial charge in [0.15, 0.2) is 6.29 Å². The average molecular weight is 251 g/mol. The molecule has 0 radical (unpaired) electrons. The van der Waals surface area contributed by atoms with Crippen LogP contribution >= 0.6 is 11.6 Å². The highest BCUT2D eigenvalue weighted by Gasteiger charge is 2.07. The van der Waals surface area contributed by atoms with Crippen LogP contribution < -0.4 is 4.74 Å². The third-order valence-electron chi connectivity index (χ3n) is 2.43. The SMILES string of the molecule is Cn1c(Cl)cnc1COc1ccccc1C=O. The number of para-hydroxylation sites is 1. The summed E-state index contributed by atoms with van der Waals surface area (Å²) in [5, 5.41) is 0.548. The number of ether oxygens (including phenoxy) is 1. The normalized spacial score (nSPS) is 10.2. The van der Waals surface area contributed by atoms with Crippen LogP contribution in [0.1, 0.15) is 16.2 Å². The van der Waals surface area contributed by atoms with Gasteiger partial charge in [-0.25, -0.2) is 4.98 Å². The Morgan fingerprint density at radius 1 is 1.47 bits per heavy atom. The second-order valence-electron chi connectivity index (χ2n) is 3.50. The van der Waals surface area contributed by atoms with Gasteiger partial charge in [0.05, 0.1) is 11.8 Å². The zero-order valence-electron chi connectivity index (χ0n) is 9.26. The molecule has 0 unspecified atom stereocenters. The molecule has 0 aliphatic carbocycles. The number of rotatable bonds is 4.